The number of nitrogens with two attached hydrogens (primary N) is 1. The molecule has 0 spiro atoms. The number of carboxylic acids is 1. The van der Waals surface area contributed by atoms with Gasteiger partial charge in [0, 0.05) is 49.0 Å². The highest BCUT2D eigenvalue weighted by Crippen LogP contribution is 2.43. The summed E-state index contributed by atoms with van der Waals surface area (Å²) >= 11 is 0.638. The third-order valence-electron chi connectivity index (χ3n) is 5.57. The topological polar surface area (TPSA) is 137 Å². The number of aromatic carboxylic acids is 1. The van der Waals surface area contributed by atoms with E-state index < -0.39 is 29.5 Å². The van der Waals surface area contributed by atoms with E-state index in [1.165, 1.54) is 18.7 Å². The van der Waals surface area contributed by atoms with E-state index in [4.69, 9.17) is 5.73 Å². The number of nitrogens with zero attached hydrogens (tertiary/aromatic N) is 4. The third kappa shape index (κ3) is 4.84. The number of nitrogen functional groups attached to an aromatic ring is 1. The molecule has 0 bridgehead atoms. The van der Waals surface area contributed by atoms with Crippen LogP contribution in [0.25, 0.3) is 10.2 Å². The van der Waals surface area contributed by atoms with Gasteiger partial charge >= 0.3 is 12.1 Å². The number of rotatable bonds is 6. The van der Waals surface area contributed by atoms with Gasteiger partial charge in [-0.05, 0) is 18.9 Å². The van der Waals surface area contributed by atoms with Crippen LogP contribution in [0.4, 0.5) is 24.7 Å². The van der Waals surface area contributed by atoms with Crippen LogP contribution >= 0.6 is 11.3 Å². The molecule has 176 valence electrons. The van der Waals surface area contributed by atoms with Crippen LogP contribution in [0.15, 0.2) is 24.8 Å². The van der Waals surface area contributed by atoms with Crippen molar-refractivity contribution in [2.75, 3.05) is 30.3 Å². The Balaban J connectivity index is 1.48. The zero-order valence-corrected chi connectivity index (χ0v) is 18.0. The molecule has 4 rings (SSSR count). The number of anilines is 2. The van der Waals surface area contributed by atoms with Gasteiger partial charge in [0.05, 0.1) is 17.4 Å². The van der Waals surface area contributed by atoms with E-state index in [2.05, 4.69) is 20.3 Å². The average Bonchev–Trinajstić information content (AvgIpc) is 3.14. The average molecular weight is 482 g/mol. The van der Waals surface area contributed by atoms with Crippen LogP contribution < -0.4 is 16.0 Å². The predicted molar refractivity (Wildman–Crippen MR) is 116 cm³/mol. The molecule has 1 aliphatic rings. The number of hydrogen-bond donors (Lipinski definition) is 4. The summed E-state index contributed by atoms with van der Waals surface area (Å²) in [5.74, 6) is -1.26. The lowest BCUT2D eigenvalue weighted by molar-refractivity contribution is -0.136. The van der Waals surface area contributed by atoms with E-state index in [9.17, 15) is 28.2 Å². The van der Waals surface area contributed by atoms with Crippen molar-refractivity contribution in [3.63, 3.8) is 0 Å². The molecule has 1 unspecified atom stereocenters. The minimum Gasteiger partial charge on any atom is -0.477 e. The highest BCUT2D eigenvalue weighted by molar-refractivity contribution is 7.21. The van der Waals surface area contributed by atoms with Gasteiger partial charge in [-0.25, -0.2) is 19.7 Å². The number of aliphatic hydroxyl groups is 1. The van der Waals surface area contributed by atoms with Gasteiger partial charge in [-0.1, -0.05) is 0 Å². The molecule has 1 atom stereocenters. The fourth-order valence-corrected chi connectivity index (χ4v) is 4.80. The monoisotopic (exact) mass is 482 g/mol. The number of hydrogen-bond acceptors (Lipinski definition) is 9. The molecule has 3 aromatic heterocycles. The molecule has 5 N–H and O–H groups in total. The van der Waals surface area contributed by atoms with Crippen LogP contribution in [0, 0.1) is 0 Å². The number of carboxylic acid groups (broad SMARTS) is 1. The maximum absolute atomic E-state index is 13.7. The first-order valence-corrected chi connectivity index (χ1v) is 10.9. The molecule has 0 saturated carbocycles. The number of piperidine rings is 1. The molecule has 4 heterocycles. The molecule has 1 fully saturated rings. The van der Waals surface area contributed by atoms with Gasteiger partial charge in [-0.3, -0.25) is 0 Å². The van der Waals surface area contributed by atoms with Crippen LogP contribution in [0.1, 0.15) is 39.7 Å². The Labute approximate surface area is 190 Å². The molecule has 0 radical (unpaired) electrons. The summed E-state index contributed by atoms with van der Waals surface area (Å²) in [6.07, 6.45) is 0.234. The number of halogens is 3. The second kappa shape index (κ2) is 9.08. The van der Waals surface area contributed by atoms with Crippen LogP contribution in [-0.4, -0.2) is 56.8 Å². The fraction of sp³-hybridized carbons (Fsp3) is 0.400. The van der Waals surface area contributed by atoms with Crippen LogP contribution in [0.5, 0.6) is 0 Å². The van der Waals surface area contributed by atoms with Gasteiger partial charge in [0.1, 0.15) is 21.9 Å². The zero-order chi connectivity index (χ0) is 23.8. The normalized spacial score (nSPS) is 16.3. The Bertz CT molecular complexity index is 1150. The number of alkyl halides is 3. The van der Waals surface area contributed by atoms with Crippen molar-refractivity contribution in [2.45, 2.75) is 31.2 Å². The third-order valence-corrected chi connectivity index (χ3v) is 6.66. The van der Waals surface area contributed by atoms with Crippen molar-refractivity contribution in [1.82, 2.24) is 20.3 Å². The Morgan fingerprint density at radius 1 is 1.30 bits per heavy atom. The standard InChI is InChI=1S/C20H21F3N6O3S/c21-20(22,23)12-5-14(28-18-15(12)16(24)17(33-18)19(31)32)29-3-1-11(2-4-29)27-8-13(30)10-6-25-9-26-7-10/h5-7,9,11,13,27,30H,1-4,8,24H2,(H,31,32). The molecule has 0 amide bonds. The second-order valence-electron chi connectivity index (χ2n) is 7.71. The second-order valence-corrected chi connectivity index (χ2v) is 8.71. The zero-order valence-electron chi connectivity index (χ0n) is 17.2. The van der Waals surface area contributed by atoms with Crippen molar-refractivity contribution in [3.05, 3.63) is 40.8 Å². The SMILES string of the molecule is Nc1c(C(=O)O)sc2nc(N3CCC(NCC(O)c4cncnc4)CC3)cc(C(F)(F)F)c12. The molecular formula is C20H21F3N6O3S. The molecule has 0 aliphatic carbocycles. The minimum absolute atomic E-state index is 0.0526. The van der Waals surface area contributed by atoms with Crippen LogP contribution in [0.3, 0.4) is 0 Å². The quantitative estimate of drug-likeness (QED) is 0.418. The van der Waals surface area contributed by atoms with Crippen molar-refractivity contribution < 1.29 is 28.2 Å². The largest absolute Gasteiger partial charge is 0.477 e. The summed E-state index contributed by atoms with van der Waals surface area (Å²) < 4.78 is 41.2. The highest BCUT2D eigenvalue weighted by atomic mass is 32.1. The smallest absolute Gasteiger partial charge is 0.417 e. The first kappa shape index (κ1) is 23.1. The Hall–Kier alpha value is -3.03. The predicted octanol–water partition coefficient (Wildman–Crippen LogP) is 2.68. The molecule has 13 heteroatoms. The van der Waals surface area contributed by atoms with Gasteiger partial charge in [0.2, 0.25) is 0 Å². The van der Waals surface area contributed by atoms with E-state index >= 15 is 0 Å². The van der Waals surface area contributed by atoms with Gasteiger partial charge < -0.3 is 26.2 Å². The van der Waals surface area contributed by atoms with Gasteiger partial charge in [-0.15, -0.1) is 11.3 Å². The molecule has 33 heavy (non-hydrogen) atoms. The lowest BCUT2D eigenvalue weighted by atomic mass is 10.0. The van der Waals surface area contributed by atoms with Gasteiger partial charge in [0.15, 0.2) is 0 Å². The Morgan fingerprint density at radius 3 is 2.58 bits per heavy atom. The first-order valence-electron chi connectivity index (χ1n) is 10.1. The highest BCUT2D eigenvalue weighted by Gasteiger charge is 2.37. The summed E-state index contributed by atoms with van der Waals surface area (Å²) in [4.78, 5) is 24.7. The van der Waals surface area contributed by atoms with Gasteiger partial charge in [-0.2, -0.15) is 13.2 Å². The number of pyridine rings is 1. The number of thiophene rings is 1. The number of carbonyl (C=O) groups is 1. The van der Waals surface area contributed by atoms with Gasteiger partial charge in [0.25, 0.3) is 0 Å². The van der Waals surface area contributed by atoms with E-state index in [0.29, 0.717) is 49.4 Å². The van der Waals surface area contributed by atoms with E-state index in [1.807, 2.05) is 0 Å². The molecule has 1 saturated heterocycles. The maximum atomic E-state index is 13.7. The van der Waals surface area contributed by atoms with E-state index in [-0.39, 0.29) is 27.0 Å². The summed E-state index contributed by atoms with van der Waals surface area (Å²) in [5.41, 5.74) is 4.91. The van der Waals surface area contributed by atoms with E-state index in [1.54, 1.807) is 4.90 Å². The van der Waals surface area contributed by atoms with Crippen molar-refractivity contribution in [2.24, 2.45) is 0 Å². The molecule has 0 aromatic carbocycles. The Kier molecular flexibility index (Phi) is 6.36. The fourth-order valence-electron chi connectivity index (χ4n) is 3.84. The number of aromatic nitrogens is 3. The maximum Gasteiger partial charge on any atom is 0.417 e. The minimum atomic E-state index is -4.71. The molecular weight excluding hydrogens is 461 g/mol. The van der Waals surface area contributed by atoms with Crippen molar-refractivity contribution in [1.29, 1.82) is 0 Å². The first-order chi connectivity index (χ1) is 15.6. The molecule has 1 aliphatic heterocycles. The summed E-state index contributed by atoms with van der Waals surface area (Å²) in [6.45, 7) is 1.20. The molecule has 9 nitrogen and oxygen atoms in total. The van der Waals surface area contributed by atoms with Crippen LogP contribution in [0.2, 0.25) is 0 Å². The van der Waals surface area contributed by atoms with Crippen molar-refractivity contribution >= 4 is 39.0 Å². The Morgan fingerprint density at radius 2 is 1.97 bits per heavy atom. The lowest BCUT2D eigenvalue weighted by Crippen LogP contribution is -2.44. The number of aliphatic hydroxyl groups excluding tert-OH is 1. The van der Waals surface area contributed by atoms with Crippen molar-refractivity contribution in [3.8, 4) is 0 Å². The lowest BCUT2D eigenvalue weighted by Gasteiger charge is -2.34. The summed E-state index contributed by atoms with van der Waals surface area (Å²) in [5, 5.41) is 22.4. The number of fused-ring (bicyclic) bond motifs is 1. The molecule has 3 aromatic rings. The summed E-state index contributed by atoms with van der Waals surface area (Å²) in [6, 6.07) is 1.01. The number of nitrogens with one attached hydrogen (secondary N) is 1. The van der Waals surface area contributed by atoms with Crippen LogP contribution in [-0.2, 0) is 6.18 Å². The van der Waals surface area contributed by atoms with E-state index in [0.717, 1.165) is 6.07 Å². The summed E-state index contributed by atoms with van der Waals surface area (Å²) in [7, 11) is 0.